The molecule has 0 aromatic heterocycles. The van der Waals surface area contributed by atoms with Crippen molar-refractivity contribution in [1.82, 2.24) is 10.6 Å². The number of benzene rings is 1. The van der Waals surface area contributed by atoms with E-state index in [1.165, 1.54) is 0 Å². The highest BCUT2D eigenvalue weighted by molar-refractivity contribution is 14.0. The number of methoxy groups -OCH3 is 1. The molecule has 7 nitrogen and oxygen atoms in total. The van der Waals surface area contributed by atoms with Crippen LogP contribution in [-0.2, 0) is 4.79 Å². The summed E-state index contributed by atoms with van der Waals surface area (Å²) in [5.41, 5.74) is 0.849. The molecule has 0 atom stereocenters. The average Bonchev–Trinajstić information content (AvgIpc) is 3.45. The minimum Gasteiger partial charge on any atom is -0.493 e. The first-order valence-electron chi connectivity index (χ1n) is 8.81. The van der Waals surface area contributed by atoms with Gasteiger partial charge in [-0.3, -0.25) is 9.79 Å². The van der Waals surface area contributed by atoms with Crippen molar-refractivity contribution in [2.45, 2.75) is 26.7 Å². The van der Waals surface area contributed by atoms with E-state index in [1.54, 1.807) is 7.11 Å². The Morgan fingerprint density at radius 1 is 1.23 bits per heavy atom. The Hall–Kier alpha value is -1.71. The number of amides is 1. The highest BCUT2D eigenvalue weighted by atomic mass is 127. The van der Waals surface area contributed by atoms with Crippen LogP contribution in [0.4, 0.5) is 5.69 Å². The Balaban J connectivity index is 0.00000338. The average molecular weight is 476 g/mol. The smallest absolute Gasteiger partial charge is 0.223 e. The number of hydrogen-bond donors (Lipinski definition) is 3. The van der Waals surface area contributed by atoms with Crippen molar-refractivity contribution in [3.8, 4) is 11.5 Å². The van der Waals surface area contributed by atoms with Gasteiger partial charge in [-0.05, 0) is 38.8 Å². The molecule has 0 aliphatic heterocycles. The minimum atomic E-state index is 0. The molecule has 0 unspecified atom stereocenters. The molecule has 0 radical (unpaired) electrons. The summed E-state index contributed by atoms with van der Waals surface area (Å²) < 4.78 is 10.9. The van der Waals surface area contributed by atoms with E-state index in [2.05, 4.69) is 20.9 Å². The minimum absolute atomic E-state index is 0. The number of carbonyl (C=O) groups is 1. The van der Waals surface area contributed by atoms with Crippen molar-refractivity contribution in [2.24, 2.45) is 10.9 Å². The lowest BCUT2D eigenvalue weighted by Gasteiger charge is -2.14. The van der Waals surface area contributed by atoms with Gasteiger partial charge in [0.1, 0.15) is 0 Å². The van der Waals surface area contributed by atoms with Gasteiger partial charge in [-0.25, -0.2) is 0 Å². The number of anilines is 1. The van der Waals surface area contributed by atoms with Crippen LogP contribution in [0.5, 0.6) is 11.5 Å². The maximum atomic E-state index is 11.6. The summed E-state index contributed by atoms with van der Waals surface area (Å²) in [7, 11) is 1.61. The van der Waals surface area contributed by atoms with E-state index in [4.69, 9.17) is 9.47 Å². The third-order valence-corrected chi connectivity index (χ3v) is 3.70. The second-order valence-electron chi connectivity index (χ2n) is 5.75. The number of ether oxygens (including phenoxy) is 2. The lowest BCUT2D eigenvalue weighted by atomic mass is 10.2. The van der Waals surface area contributed by atoms with Crippen LogP contribution in [0.2, 0.25) is 0 Å². The molecule has 3 N–H and O–H groups in total. The SMILES string of the molecule is CCNC(=NCCNC(=O)C1CC1)Nc1ccc(OCC)c(OC)c1.I. The number of halogens is 1. The molecule has 1 amide bonds. The van der Waals surface area contributed by atoms with Crippen molar-refractivity contribution in [1.29, 1.82) is 0 Å². The quantitative estimate of drug-likeness (QED) is 0.221. The van der Waals surface area contributed by atoms with Crippen LogP contribution in [0.1, 0.15) is 26.7 Å². The molecule has 1 fully saturated rings. The lowest BCUT2D eigenvalue weighted by Crippen LogP contribution is -2.32. The summed E-state index contributed by atoms with van der Waals surface area (Å²) in [6.07, 6.45) is 2.03. The normalized spacial score (nSPS) is 13.4. The Morgan fingerprint density at radius 2 is 2.00 bits per heavy atom. The highest BCUT2D eigenvalue weighted by Gasteiger charge is 2.28. The second kappa shape index (κ2) is 11.8. The first kappa shape index (κ1) is 22.3. The van der Waals surface area contributed by atoms with Gasteiger partial charge in [-0.2, -0.15) is 0 Å². The van der Waals surface area contributed by atoms with Gasteiger partial charge in [0, 0.05) is 30.8 Å². The molecule has 0 saturated heterocycles. The molecular weight excluding hydrogens is 447 g/mol. The Kier molecular flexibility index (Phi) is 10.2. The first-order valence-corrected chi connectivity index (χ1v) is 8.81. The third kappa shape index (κ3) is 7.27. The molecule has 0 spiro atoms. The fourth-order valence-corrected chi connectivity index (χ4v) is 2.30. The van der Waals surface area contributed by atoms with Gasteiger partial charge in [-0.1, -0.05) is 0 Å². The number of hydrogen-bond acceptors (Lipinski definition) is 4. The van der Waals surface area contributed by atoms with E-state index >= 15 is 0 Å². The van der Waals surface area contributed by atoms with E-state index < -0.39 is 0 Å². The zero-order chi connectivity index (χ0) is 18.1. The number of aliphatic imine (C=N–C) groups is 1. The van der Waals surface area contributed by atoms with Crippen molar-refractivity contribution >= 4 is 41.5 Å². The number of rotatable bonds is 9. The maximum Gasteiger partial charge on any atom is 0.223 e. The molecule has 146 valence electrons. The fraction of sp³-hybridized carbons (Fsp3) is 0.556. The van der Waals surface area contributed by atoms with Gasteiger partial charge in [0.2, 0.25) is 5.91 Å². The zero-order valence-electron chi connectivity index (χ0n) is 15.6. The summed E-state index contributed by atoms with van der Waals surface area (Å²) in [5.74, 6) is 2.41. The predicted octanol–water partition coefficient (Wildman–Crippen LogP) is 2.62. The van der Waals surface area contributed by atoms with Gasteiger partial charge in [-0.15, -0.1) is 24.0 Å². The molecule has 1 aliphatic rings. The molecule has 1 aromatic rings. The van der Waals surface area contributed by atoms with Crippen molar-refractivity contribution < 1.29 is 14.3 Å². The van der Waals surface area contributed by atoms with Crippen LogP contribution >= 0.6 is 24.0 Å². The number of nitrogens with one attached hydrogen (secondary N) is 3. The number of carbonyl (C=O) groups excluding carboxylic acids is 1. The number of guanidine groups is 1. The Morgan fingerprint density at radius 3 is 2.62 bits per heavy atom. The largest absolute Gasteiger partial charge is 0.493 e. The van der Waals surface area contributed by atoms with E-state index in [0.29, 0.717) is 37.2 Å². The van der Waals surface area contributed by atoms with Gasteiger partial charge in [0.25, 0.3) is 0 Å². The van der Waals surface area contributed by atoms with Crippen LogP contribution < -0.4 is 25.4 Å². The van der Waals surface area contributed by atoms with Gasteiger partial charge >= 0.3 is 0 Å². The van der Waals surface area contributed by atoms with E-state index in [-0.39, 0.29) is 35.8 Å². The third-order valence-electron chi connectivity index (χ3n) is 3.70. The van der Waals surface area contributed by atoms with Crippen LogP contribution in [0, 0.1) is 5.92 Å². The summed E-state index contributed by atoms with van der Waals surface area (Å²) in [5, 5.41) is 9.33. The molecule has 0 bridgehead atoms. The second-order valence-corrected chi connectivity index (χ2v) is 5.75. The van der Waals surface area contributed by atoms with Gasteiger partial charge < -0.3 is 25.4 Å². The number of nitrogens with zero attached hydrogens (tertiary/aromatic N) is 1. The molecule has 26 heavy (non-hydrogen) atoms. The van der Waals surface area contributed by atoms with Crippen LogP contribution in [0.15, 0.2) is 23.2 Å². The zero-order valence-corrected chi connectivity index (χ0v) is 18.0. The van der Waals surface area contributed by atoms with Gasteiger partial charge in [0.05, 0.1) is 20.3 Å². The molecule has 1 saturated carbocycles. The molecule has 8 heteroatoms. The molecular formula is C18H29IN4O3. The fourth-order valence-electron chi connectivity index (χ4n) is 2.30. The standard InChI is InChI=1S/C18H28N4O3.HI/c1-4-19-18(21-11-10-20-17(23)13-6-7-13)22-14-8-9-15(25-5-2)16(12-14)24-3;/h8-9,12-13H,4-7,10-11H2,1-3H3,(H,20,23)(H2,19,21,22);1H. The van der Waals surface area contributed by atoms with E-state index in [9.17, 15) is 4.79 Å². The van der Waals surface area contributed by atoms with Gasteiger partial charge in [0.15, 0.2) is 17.5 Å². The van der Waals surface area contributed by atoms with Crippen LogP contribution in [0.3, 0.4) is 0 Å². The molecule has 2 rings (SSSR count). The summed E-state index contributed by atoms with van der Waals surface area (Å²) >= 11 is 0. The van der Waals surface area contributed by atoms with E-state index in [0.717, 1.165) is 25.1 Å². The monoisotopic (exact) mass is 476 g/mol. The molecule has 1 aromatic carbocycles. The maximum absolute atomic E-state index is 11.6. The van der Waals surface area contributed by atoms with Crippen LogP contribution in [0.25, 0.3) is 0 Å². The molecule has 1 aliphatic carbocycles. The molecule has 0 heterocycles. The van der Waals surface area contributed by atoms with Crippen molar-refractivity contribution in [3.63, 3.8) is 0 Å². The lowest BCUT2D eigenvalue weighted by molar-refractivity contribution is -0.122. The van der Waals surface area contributed by atoms with Crippen molar-refractivity contribution in [3.05, 3.63) is 18.2 Å². The Labute approximate surface area is 172 Å². The first-order chi connectivity index (χ1) is 12.2. The highest BCUT2D eigenvalue weighted by Crippen LogP contribution is 2.30. The summed E-state index contributed by atoms with van der Waals surface area (Å²) in [4.78, 5) is 16.1. The topological polar surface area (TPSA) is 84.0 Å². The van der Waals surface area contributed by atoms with E-state index in [1.807, 2.05) is 32.0 Å². The summed E-state index contributed by atoms with van der Waals surface area (Å²) in [6.45, 7) is 6.32. The van der Waals surface area contributed by atoms with Crippen LogP contribution in [-0.4, -0.2) is 45.2 Å². The van der Waals surface area contributed by atoms with Crippen molar-refractivity contribution in [2.75, 3.05) is 38.7 Å². The Bertz CT molecular complexity index is 606. The predicted molar refractivity (Wildman–Crippen MR) is 115 cm³/mol. The summed E-state index contributed by atoms with van der Waals surface area (Å²) in [6, 6.07) is 5.64.